The summed E-state index contributed by atoms with van der Waals surface area (Å²) >= 11 is 0. The molecule has 4 aromatic carbocycles. The molecular formula is C41H50O6. The maximum Gasteiger partial charge on any atom is 0.122 e. The number of benzene rings is 4. The van der Waals surface area contributed by atoms with Gasteiger partial charge < -0.3 is 28.8 Å². The van der Waals surface area contributed by atoms with Gasteiger partial charge in [-0.25, -0.2) is 0 Å². The molecule has 0 aromatic heterocycles. The van der Waals surface area contributed by atoms with Crippen LogP contribution in [0.1, 0.15) is 61.8 Å². The predicted octanol–water partition coefficient (Wildman–Crippen LogP) is 8.06. The van der Waals surface area contributed by atoms with Crippen molar-refractivity contribution in [1.29, 1.82) is 0 Å². The highest BCUT2D eigenvalue weighted by molar-refractivity contribution is 5.19. The van der Waals surface area contributed by atoms with Crippen LogP contribution in [0.25, 0.3) is 0 Å². The molecule has 1 fully saturated rings. The van der Waals surface area contributed by atoms with Crippen LogP contribution in [0, 0.1) is 0 Å². The van der Waals surface area contributed by atoms with Crippen LogP contribution >= 0.6 is 0 Å². The number of ether oxygens (including phenoxy) is 5. The van der Waals surface area contributed by atoms with Gasteiger partial charge in [0.25, 0.3) is 0 Å². The first-order valence-electron chi connectivity index (χ1n) is 17.1. The van der Waals surface area contributed by atoms with Gasteiger partial charge in [0.15, 0.2) is 0 Å². The van der Waals surface area contributed by atoms with Gasteiger partial charge in [0.05, 0.1) is 26.4 Å². The molecule has 1 N–H and O–H groups in total. The third-order valence-corrected chi connectivity index (χ3v) is 8.80. The van der Waals surface area contributed by atoms with E-state index in [1.54, 1.807) is 0 Å². The summed E-state index contributed by atoms with van der Waals surface area (Å²) in [6.07, 6.45) is -0.358. The van der Waals surface area contributed by atoms with Gasteiger partial charge in [-0.15, -0.1) is 0 Å². The SMILES string of the molecule is CCCCO[C@H]1[C@H](OCc2ccccc2)[C@H](OCc2ccccc2)[C@H](OCc2ccccc2)[C@@H](OCc2ccccc2)[C@@]1(O)CCC. The molecule has 1 aliphatic rings. The standard InChI is InChI=1S/C41H50O6/c1-3-5-27-43-39-37(45-29-33-20-12-7-13-21-33)36(44-28-32-18-10-6-11-19-32)38(46-30-34-22-14-8-15-23-34)40(41(39,42)26-4-2)47-31-35-24-16-9-17-25-35/h6-25,36-40,42H,3-5,26-31H2,1-2H3/t36-,37+,38-,39-,40+,41+/m0/s1. The lowest BCUT2D eigenvalue weighted by Gasteiger charge is -2.54. The van der Waals surface area contributed by atoms with Gasteiger partial charge in [-0.1, -0.05) is 148 Å². The van der Waals surface area contributed by atoms with Crippen molar-refractivity contribution >= 4 is 0 Å². The number of unbranched alkanes of at least 4 members (excludes halogenated alkanes) is 1. The summed E-state index contributed by atoms with van der Waals surface area (Å²) in [6, 6.07) is 40.3. The normalized spacial score (nSPS) is 24.3. The quantitative estimate of drug-likeness (QED) is 0.111. The zero-order chi connectivity index (χ0) is 32.7. The van der Waals surface area contributed by atoms with Crippen molar-refractivity contribution in [3.8, 4) is 0 Å². The van der Waals surface area contributed by atoms with Crippen LogP contribution in [0.3, 0.4) is 0 Å². The molecule has 0 radical (unpaired) electrons. The topological polar surface area (TPSA) is 66.4 Å². The molecule has 0 saturated heterocycles. The van der Waals surface area contributed by atoms with Gasteiger partial charge in [0, 0.05) is 6.61 Å². The molecule has 6 atom stereocenters. The zero-order valence-electron chi connectivity index (χ0n) is 27.8. The average Bonchev–Trinajstić information content (AvgIpc) is 3.11. The Morgan fingerprint density at radius 1 is 0.468 bits per heavy atom. The summed E-state index contributed by atoms with van der Waals surface area (Å²) in [5.41, 5.74) is 2.70. The Balaban J connectivity index is 1.56. The Morgan fingerprint density at radius 2 is 0.830 bits per heavy atom. The Kier molecular flexibility index (Phi) is 13.6. The second-order valence-corrected chi connectivity index (χ2v) is 12.4. The highest BCUT2D eigenvalue weighted by atomic mass is 16.6. The summed E-state index contributed by atoms with van der Waals surface area (Å²) in [7, 11) is 0. The van der Waals surface area contributed by atoms with Gasteiger partial charge in [-0.3, -0.25) is 0 Å². The van der Waals surface area contributed by atoms with E-state index in [-0.39, 0.29) is 0 Å². The molecule has 6 heteroatoms. The van der Waals surface area contributed by atoms with E-state index >= 15 is 0 Å². The van der Waals surface area contributed by atoms with Crippen LogP contribution in [0.5, 0.6) is 0 Å². The largest absolute Gasteiger partial charge is 0.384 e. The van der Waals surface area contributed by atoms with E-state index in [9.17, 15) is 5.11 Å². The second kappa shape index (κ2) is 18.3. The van der Waals surface area contributed by atoms with Crippen molar-refractivity contribution in [3.05, 3.63) is 144 Å². The smallest absolute Gasteiger partial charge is 0.122 e. The van der Waals surface area contributed by atoms with Crippen LogP contribution in [-0.4, -0.2) is 47.8 Å². The molecule has 0 spiro atoms. The molecule has 0 bridgehead atoms. The van der Waals surface area contributed by atoms with Crippen molar-refractivity contribution in [1.82, 2.24) is 0 Å². The minimum absolute atomic E-state index is 0.311. The maximum absolute atomic E-state index is 12.9. The van der Waals surface area contributed by atoms with Gasteiger partial charge in [-0.05, 0) is 35.1 Å². The first-order valence-corrected chi connectivity index (χ1v) is 17.1. The number of hydrogen-bond acceptors (Lipinski definition) is 6. The number of aliphatic hydroxyl groups is 1. The first-order chi connectivity index (χ1) is 23.1. The summed E-state index contributed by atoms with van der Waals surface area (Å²) in [6.45, 7) is 6.03. The Bertz CT molecular complexity index is 1400. The fourth-order valence-electron chi connectivity index (χ4n) is 6.39. The van der Waals surface area contributed by atoms with Gasteiger partial charge >= 0.3 is 0 Å². The maximum atomic E-state index is 12.9. The number of hydrogen-bond donors (Lipinski definition) is 1. The van der Waals surface area contributed by atoms with Crippen LogP contribution in [0.4, 0.5) is 0 Å². The third-order valence-electron chi connectivity index (χ3n) is 8.80. The zero-order valence-corrected chi connectivity index (χ0v) is 27.8. The first kappa shape index (κ1) is 35.0. The van der Waals surface area contributed by atoms with Gasteiger partial charge in [0.2, 0.25) is 0 Å². The summed E-state index contributed by atoms with van der Waals surface area (Å²) in [5, 5.41) is 12.9. The molecule has 250 valence electrons. The lowest BCUT2D eigenvalue weighted by molar-refractivity contribution is -0.316. The molecule has 5 rings (SSSR count). The highest BCUT2D eigenvalue weighted by Gasteiger charge is 2.61. The lowest BCUT2D eigenvalue weighted by atomic mass is 9.71. The molecule has 1 saturated carbocycles. The van der Waals surface area contributed by atoms with E-state index in [0.717, 1.165) is 41.5 Å². The second-order valence-electron chi connectivity index (χ2n) is 12.4. The van der Waals surface area contributed by atoms with E-state index in [1.807, 2.05) is 109 Å². The van der Waals surface area contributed by atoms with E-state index in [2.05, 4.69) is 26.0 Å². The van der Waals surface area contributed by atoms with E-state index < -0.39 is 36.1 Å². The molecule has 4 aromatic rings. The van der Waals surface area contributed by atoms with Gasteiger partial charge in [-0.2, -0.15) is 0 Å². The summed E-state index contributed by atoms with van der Waals surface area (Å²) in [5.74, 6) is 0. The van der Waals surface area contributed by atoms with Gasteiger partial charge in [0.1, 0.15) is 36.1 Å². The van der Waals surface area contributed by atoms with Crippen LogP contribution in [-0.2, 0) is 50.1 Å². The van der Waals surface area contributed by atoms with Crippen molar-refractivity contribution in [3.63, 3.8) is 0 Å². The average molecular weight is 639 g/mol. The van der Waals surface area contributed by atoms with E-state index in [1.165, 1.54) is 0 Å². The van der Waals surface area contributed by atoms with E-state index in [0.29, 0.717) is 39.5 Å². The Morgan fingerprint density at radius 3 is 1.21 bits per heavy atom. The molecular weight excluding hydrogens is 588 g/mol. The summed E-state index contributed by atoms with van der Waals surface area (Å²) in [4.78, 5) is 0. The molecule has 6 nitrogen and oxygen atoms in total. The Hall–Kier alpha value is -3.36. The molecule has 0 amide bonds. The van der Waals surface area contributed by atoms with Crippen LogP contribution < -0.4 is 0 Å². The summed E-state index contributed by atoms with van der Waals surface area (Å²) < 4.78 is 33.9. The van der Waals surface area contributed by atoms with E-state index in [4.69, 9.17) is 23.7 Å². The molecule has 0 heterocycles. The minimum atomic E-state index is -1.41. The van der Waals surface area contributed by atoms with Crippen molar-refractivity contribution in [2.75, 3.05) is 6.61 Å². The van der Waals surface area contributed by atoms with Crippen molar-refractivity contribution in [2.45, 2.75) is 102 Å². The predicted molar refractivity (Wildman–Crippen MR) is 185 cm³/mol. The lowest BCUT2D eigenvalue weighted by Crippen LogP contribution is -2.73. The molecule has 0 unspecified atom stereocenters. The molecule has 1 aliphatic carbocycles. The minimum Gasteiger partial charge on any atom is -0.384 e. The number of rotatable bonds is 18. The molecule has 0 aliphatic heterocycles. The highest BCUT2D eigenvalue weighted by Crippen LogP contribution is 2.42. The monoisotopic (exact) mass is 638 g/mol. The van der Waals surface area contributed by atoms with Crippen LogP contribution in [0.15, 0.2) is 121 Å². The fraction of sp³-hybridized carbons (Fsp3) is 0.415. The molecule has 47 heavy (non-hydrogen) atoms. The Labute approximate surface area is 280 Å². The third kappa shape index (κ3) is 9.60. The van der Waals surface area contributed by atoms with Crippen molar-refractivity contribution in [2.24, 2.45) is 0 Å². The van der Waals surface area contributed by atoms with Crippen LogP contribution in [0.2, 0.25) is 0 Å². The van der Waals surface area contributed by atoms with Crippen molar-refractivity contribution < 1.29 is 28.8 Å². The fourth-order valence-corrected chi connectivity index (χ4v) is 6.39.